The van der Waals surface area contributed by atoms with Crippen molar-refractivity contribution in [3.05, 3.63) is 164 Å². The molecule has 0 amide bonds. The number of rotatable bonds is 6. The number of nitrogens with zero attached hydrogens (tertiary/aromatic N) is 5. The molecule has 5 nitrogen and oxygen atoms in total. The third-order valence-electron chi connectivity index (χ3n) is 9.69. The predicted molar refractivity (Wildman–Crippen MR) is 210 cm³/mol. The average Bonchev–Trinajstić information content (AvgIpc) is 3.44. The molecule has 0 fully saturated rings. The van der Waals surface area contributed by atoms with Crippen LogP contribution >= 0.6 is 0 Å². The van der Waals surface area contributed by atoms with Gasteiger partial charge in [0.05, 0.1) is 5.69 Å². The molecule has 9 rings (SSSR count). The maximum Gasteiger partial charge on any atom is 0.164 e. The lowest BCUT2D eigenvalue weighted by atomic mass is 9.96. The molecule has 0 aliphatic carbocycles. The summed E-state index contributed by atoms with van der Waals surface area (Å²) in [4.78, 5) is 25.4. The standard InChI is InChI=1S/C45H33N5Si/c1-51(2)38-27-13-12-26-37(38)39-40(46-41(50-45(39)51)30-16-6-3-7-17-30)35-24-14-22-33(28-35)34-23-15-25-36(29-34)44-48-42(31-18-8-4-9-19-31)47-43(49-44)32-20-10-5-11-21-32/h3-29H,1-2H3. The molecule has 1 aliphatic rings. The largest absolute Gasteiger partial charge is 0.237 e. The first-order valence-electron chi connectivity index (χ1n) is 17.2. The number of hydrogen-bond donors (Lipinski definition) is 0. The van der Waals surface area contributed by atoms with E-state index in [0.717, 1.165) is 50.5 Å². The summed E-state index contributed by atoms with van der Waals surface area (Å²) in [5.41, 5.74) is 10.5. The van der Waals surface area contributed by atoms with Gasteiger partial charge in [0.2, 0.25) is 0 Å². The van der Waals surface area contributed by atoms with Gasteiger partial charge in [0.25, 0.3) is 0 Å². The SMILES string of the molecule is C[Si]1(C)c2ccccc2-c2c(-c3cccc(-c4cccc(-c5nc(-c6ccccc6)nc(-c6ccccc6)n5)c4)c3)nc(-c3ccccc3)nc21. The molecule has 6 aromatic carbocycles. The van der Waals surface area contributed by atoms with Crippen molar-refractivity contribution >= 4 is 18.6 Å². The first-order chi connectivity index (χ1) is 25.0. The first-order valence-corrected chi connectivity index (χ1v) is 20.2. The highest BCUT2D eigenvalue weighted by atomic mass is 28.3. The molecule has 0 atom stereocenters. The highest BCUT2D eigenvalue weighted by Crippen LogP contribution is 2.38. The van der Waals surface area contributed by atoms with Gasteiger partial charge in [-0.15, -0.1) is 0 Å². The lowest BCUT2D eigenvalue weighted by molar-refractivity contribution is 1.07. The van der Waals surface area contributed by atoms with Crippen LogP contribution in [0.5, 0.6) is 0 Å². The van der Waals surface area contributed by atoms with Gasteiger partial charge in [-0.25, -0.2) is 24.9 Å². The zero-order valence-corrected chi connectivity index (χ0v) is 29.3. The summed E-state index contributed by atoms with van der Waals surface area (Å²) < 4.78 is 0. The van der Waals surface area contributed by atoms with Crippen LogP contribution in [0.25, 0.3) is 79.1 Å². The molecular formula is C45H33N5Si. The monoisotopic (exact) mass is 671 g/mol. The van der Waals surface area contributed by atoms with Crippen LogP contribution in [-0.2, 0) is 0 Å². The molecule has 0 bridgehead atoms. The van der Waals surface area contributed by atoms with Gasteiger partial charge in [0, 0.05) is 38.7 Å². The van der Waals surface area contributed by atoms with Crippen LogP contribution < -0.4 is 10.5 Å². The highest BCUT2D eigenvalue weighted by Gasteiger charge is 2.41. The molecule has 2 aromatic heterocycles. The molecule has 3 heterocycles. The maximum atomic E-state index is 5.31. The highest BCUT2D eigenvalue weighted by molar-refractivity contribution is 7.03. The lowest BCUT2D eigenvalue weighted by Gasteiger charge is -2.19. The Morgan fingerprint density at radius 2 is 0.765 bits per heavy atom. The first kappa shape index (κ1) is 30.7. The van der Waals surface area contributed by atoms with Gasteiger partial charge in [-0.1, -0.05) is 165 Å². The second-order valence-corrected chi connectivity index (χ2v) is 17.6. The van der Waals surface area contributed by atoms with E-state index in [1.54, 1.807) is 0 Å². The number of benzene rings is 6. The zero-order valence-electron chi connectivity index (χ0n) is 28.3. The molecule has 0 radical (unpaired) electrons. The molecular weight excluding hydrogens is 639 g/mol. The Morgan fingerprint density at radius 1 is 0.353 bits per heavy atom. The minimum Gasteiger partial charge on any atom is -0.237 e. The maximum absolute atomic E-state index is 5.31. The van der Waals surface area contributed by atoms with E-state index in [9.17, 15) is 0 Å². The van der Waals surface area contributed by atoms with E-state index in [1.807, 2.05) is 66.7 Å². The Hall–Kier alpha value is -6.37. The fourth-order valence-electron chi connectivity index (χ4n) is 7.09. The van der Waals surface area contributed by atoms with Crippen LogP contribution in [0.4, 0.5) is 0 Å². The predicted octanol–water partition coefficient (Wildman–Crippen LogP) is 9.47. The van der Waals surface area contributed by atoms with Crippen molar-refractivity contribution in [1.82, 2.24) is 24.9 Å². The van der Waals surface area contributed by atoms with E-state index >= 15 is 0 Å². The third kappa shape index (κ3) is 5.56. The molecule has 0 unspecified atom stereocenters. The number of aromatic nitrogens is 5. The summed E-state index contributed by atoms with van der Waals surface area (Å²) in [6.45, 7) is 4.80. The summed E-state index contributed by atoms with van der Waals surface area (Å²) in [6.07, 6.45) is 0. The van der Waals surface area contributed by atoms with E-state index in [2.05, 4.69) is 110 Å². The van der Waals surface area contributed by atoms with Gasteiger partial charge in [-0.2, -0.15) is 0 Å². The van der Waals surface area contributed by atoms with Crippen molar-refractivity contribution in [1.29, 1.82) is 0 Å². The molecule has 1 aliphatic heterocycles. The van der Waals surface area contributed by atoms with E-state index in [-0.39, 0.29) is 0 Å². The Kier molecular flexibility index (Phi) is 7.52. The molecule has 0 N–H and O–H groups in total. The number of hydrogen-bond acceptors (Lipinski definition) is 5. The van der Waals surface area contributed by atoms with Crippen molar-refractivity contribution in [2.75, 3.05) is 0 Å². The fraction of sp³-hybridized carbons (Fsp3) is 0.0444. The van der Waals surface area contributed by atoms with Crippen molar-refractivity contribution in [2.24, 2.45) is 0 Å². The van der Waals surface area contributed by atoms with E-state index in [0.29, 0.717) is 17.5 Å². The van der Waals surface area contributed by atoms with Crippen molar-refractivity contribution in [3.63, 3.8) is 0 Å². The average molecular weight is 672 g/mol. The van der Waals surface area contributed by atoms with Gasteiger partial charge >= 0.3 is 0 Å². The van der Waals surface area contributed by atoms with Crippen LogP contribution in [0.3, 0.4) is 0 Å². The van der Waals surface area contributed by atoms with Gasteiger partial charge in [-0.3, -0.25) is 0 Å². The normalized spacial score (nSPS) is 12.7. The quantitative estimate of drug-likeness (QED) is 0.165. The molecule has 51 heavy (non-hydrogen) atoms. The zero-order chi connectivity index (χ0) is 34.4. The molecule has 0 saturated heterocycles. The molecule has 0 saturated carbocycles. The Morgan fingerprint density at radius 3 is 1.33 bits per heavy atom. The second kappa shape index (κ2) is 12.5. The van der Waals surface area contributed by atoms with Crippen LogP contribution in [0.15, 0.2) is 164 Å². The van der Waals surface area contributed by atoms with Crippen molar-refractivity contribution in [2.45, 2.75) is 13.1 Å². The molecule has 242 valence electrons. The summed E-state index contributed by atoms with van der Waals surface area (Å²) >= 11 is 0. The van der Waals surface area contributed by atoms with Crippen LogP contribution in [0.1, 0.15) is 0 Å². The number of fused-ring (bicyclic) bond motifs is 3. The minimum atomic E-state index is -2.06. The Bertz CT molecular complexity index is 2490. The fourth-order valence-corrected chi connectivity index (χ4v) is 10.0. The topological polar surface area (TPSA) is 64.5 Å². The summed E-state index contributed by atoms with van der Waals surface area (Å²) in [7, 11) is -2.06. The smallest absolute Gasteiger partial charge is 0.164 e. The van der Waals surface area contributed by atoms with Crippen LogP contribution in [0.2, 0.25) is 13.1 Å². The summed E-state index contributed by atoms with van der Waals surface area (Å²) in [6, 6.07) is 56.4. The van der Waals surface area contributed by atoms with E-state index in [1.165, 1.54) is 21.6 Å². The van der Waals surface area contributed by atoms with E-state index in [4.69, 9.17) is 24.9 Å². The van der Waals surface area contributed by atoms with Gasteiger partial charge in [-0.05, 0) is 34.0 Å². The Labute approximate surface area is 298 Å². The van der Waals surface area contributed by atoms with Gasteiger partial charge in [0.1, 0.15) is 8.07 Å². The molecule has 6 heteroatoms. The van der Waals surface area contributed by atoms with Crippen LogP contribution in [-0.4, -0.2) is 33.0 Å². The second-order valence-electron chi connectivity index (χ2n) is 13.4. The Balaban J connectivity index is 1.18. The van der Waals surface area contributed by atoms with Gasteiger partial charge < -0.3 is 0 Å². The lowest BCUT2D eigenvalue weighted by Crippen LogP contribution is -2.50. The van der Waals surface area contributed by atoms with E-state index < -0.39 is 8.07 Å². The van der Waals surface area contributed by atoms with Crippen molar-refractivity contribution in [3.8, 4) is 79.1 Å². The van der Waals surface area contributed by atoms with Gasteiger partial charge in [0.15, 0.2) is 23.3 Å². The third-order valence-corrected chi connectivity index (χ3v) is 13.0. The van der Waals surface area contributed by atoms with Crippen LogP contribution in [0, 0.1) is 0 Å². The molecule has 8 aromatic rings. The minimum absolute atomic E-state index is 0.630. The summed E-state index contributed by atoms with van der Waals surface area (Å²) in [5.74, 6) is 2.69. The van der Waals surface area contributed by atoms with Crippen molar-refractivity contribution < 1.29 is 0 Å². The summed E-state index contributed by atoms with van der Waals surface area (Å²) in [5, 5.41) is 2.60. The molecule has 0 spiro atoms.